The Morgan fingerprint density at radius 1 is 1.17 bits per heavy atom. The van der Waals surface area contributed by atoms with Crippen molar-refractivity contribution in [1.29, 1.82) is 0 Å². The van der Waals surface area contributed by atoms with Crippen molar-refractivity contribution in [1.82, 2.24) is 14.5 Å². The zero-order valence-electron chi connectivity index (χ0n) is 12.1. The van der Waals surface area contributed by atoms with Crippen LogP contribution in [0.3, 0.4) is 0 Å². The molecule has 0 spiro atoms. The largest absolute Gasteiger partial charge is 0.316 e. The van der Waals surface area contributed by atoms with Gasteiger partial charge in [-0.15, -0.1) is 0 Å². The molecule has 1 aliphatic rings. The van der Waals surface area contributed by atoms with Crippen molar-refractivity contribution in [3.8, 4) is 0 Å². The zero-order valence-corrected chi connectivity index (χ0v) is 12.9. The van der Waals surface area contributed by atoms with E-state index in [2.05, 4.69) is 31.0 Å². The maximum Gasteiger partial charge on any atom is 0.211 e. The molecule has 0 atom stereocenters. The summed E-state index contributed by atoms with van der Waals surface area (Å²) in [7, 11) is -3.01. The molecular weight excluding hydrogens is 250 g/mol. The van der Waals surface area contributed by atoms with Gasteiger partial charge in [0.2, 0.25) is 10.0 Å². The molecule has 0 aromatic heterocycles. The Hall–Kier alpha value is -0.170. The first-order valence-electron chi connectivity index (χ1n) is 6.63. The third-order valence-corrected chi connectivity index (χ3v) is 4.61. The van der Waals surface area contributed by atoms with Crippen molar-refractivity contribution in [2.75, 3.05) is 52.1 Å². The maximum atomic E-state index is 11.4. The lowest BCUT2D eigenvalue weighted by Crippen LogP contribution is -2.51. The van der Waals surface area contributed by atoms with E-state index in [0.717, 1.165) is 32.7 Å². The van der Waals surface area contributed by atoms with Crippen LogP contribution in [0.25, 0.3) is 0 Å². The number of nitrogens with one attached hydrogen (secondary N) is 1. The molecule has 0 bridgehead atoms. The Morgan fingerprint density at radius 2 is 1.72 bits per heavy atom. The molecule has 6 heteroatoms. The fourth-order valence-corrected chi connectivity index (χ4v) is 3.17. The topological polar surface area (TPSA) is 52.6 Å². The number of rotatable bonds is 6. The summed E-state index contributed by atoms with van der Waals surface area (Å²) in [5, 5.41) is 3.38. The molecule has 1 fully saturated rings. The lowest BCUT2D eigenvalue weighted by atomic mass is 9.92. The molecule has 1 N–H and O–H groups in total. The van der Waals surface area contributed by atoms with E-state index in [1.807, 2.05) is 0 Å². The fraction of sp³-hybridized carbons (Fsp3) is 1.00. The molecule has 0 aromatic carbocycles. The second-order valence-corrected chi connectivity index (χ2v) is 7.87. The van der Waals surface area contributed by atoms with E-state index < -0.39 is 10.0 Å². The van der Waals surface area contributed by atoms with E-state index in [4.69, 9.17) is 0 Å². The molecule has 5 nitrogen and oxygen atoms in total. The van der Waals surface area contributed by atoms with Gasteiger partial charge in [0.1, 0.15) is 0 Å². The van der Waals surface area contributed by atoms with Crippen molar-refractivity contribution in [2.24, 2.45) is 5.41 Å². The van der Waals surface area contributed by atoms with Crippen LogP contribution in [0.2, 0.25) is 0 Å². The molecule has 1 heterocycles. The van der Waals surface area contributed by atoms with E-state index in [0.29, 0.717) is 13.1 Å². The predicted octanol–water partition coefficient (Wildman–Crippen LogP) is 0.199. The zero-order chi connectivity index (χ0) is 13.8. The first kappa shape index (κ1) is 15.9. The molecule has 108 valence electrons. The van der Waals surface area contributed by atoms with Crippen LogP contribution in [-0.2, 0) is 10.0 Å². The van der Waals surface area contributed by atoms with Gasteiger partial charge < -0.3 is 10.2 Å². The molecule has 0 unspecified atom stereocenters. The van der Waals surface area contributed by atoms with Gasteiger partial charge in [-0.2, -0.15) is 4.31 Å². The summed E-state index contributed by atoms with van der Waals surface area (Å²) < 4.78 is 24.4. The van der Waals surface area contributed by atoms with Crippen LogP contribution in [0, 0.1) is 5.41 Å². The molecule has 1 aliphatic heterocycles. The maximum absolute atomic E-state index is 11.4. The Morgan fingerprint density at radius 3 is 2.17 bits per heavy atom. The van der Waals surface area contributed by atoms with E-state index in [-0.39, 0.29) is 5.41 Å². The summed E-state index contributed by atoms with van der Waals surface area (Å²) >= 11 is 0. The van der Waals surface area contributed by atoms with E-state index in [1.54, 1.807) is 4.31 Å². The minimum absolute atomic E-state index is 0.225. The average Bonchev–Trinajstić information content (AvgIpc) is 2.25. The second kappa shape index (κ2) is 6.32. The highest BCUT2D eigenvalue weighted by molar-refractivity contribution is 7.88. The highest BCUT2D eigenvalue weighted by atomic mass is 32.2. The van der Waals surface area contributed by atoms with Gasteiger partial charge in [0, 0.05) is 39.3 Å². The van der Waals surface area contributed by atoms with Gasteiger partial charge in [0.15, 0.2) is 0 Å². The smallest absolute Gasteiger partial charge is 0.211 e. The lowest BCUT2D eigenvalue weighted by Gasteiger charge is -2.38. The summed E-state index contributed by atoms with van der Waals surface area (Å²) in [6.45, 7) is 12.5. The Kier molecular flexibility index (Phi) is 5.58. The summed E-state index contributed by atoms with van der Waals surface area (Å²) in [6, 6.07) is 0. The summed E-state index contributed by atoms with van der Waals surface area (Å²) in [5.74, 6) is 0. The number of sulfonamides is 1. The van der Waals surface area contributed by atoms with Gasteiger partial charge in [0.05, 0.1) is 6.26 Å². The lowest BCUT2D eigenvalue weighted by molar-refractivity contribution is 0.131. The fourth-order valence-electron chi connectivity index (χ4n) is 2.34. The Balaban J connectivity index is 2.39. The first-order chi connectivity index (χ1) is 8.24. The highest BCUT2D eigenvalue weighted by Crippen LogP contribution is 2.17. The molecule has 0 saturated carbocycles. The third kappa shape index (κ3) is 5.22. The van der Waals surface area contributed by atoms with Crippen LogP contribution >= 0.6 is 0 Å². The molecule has 0 amide bonds. The van der Waals surface area contributed by atoms with Gasteiger partial charge in [-0.1, -0.05) is 20.8 Å². The van der Waals surface area contributed by atoms with Gasteiger partial charge in [-0.05, 0) is 12.0 Å². The molecular formula is C12H27N3O2S. The van der Waals surface area contributed by atoms with Crippen LogP contribution in [0.1, 0.15) is 20.8 Å². The SMILES string of the molecule is CCNCC(C)(C)CN1CCN(S(C)(=O)=O)CC1. The van der Waals surface area contributed by atoms with Crippen molar-refractivity contribution < 1.29 is 8.42 Å². The summed E-state index contributed by atoms with van der Waals surface area (Å²) in [6.07, 6.45) is 1.29. The van der Waals surface area contributed by atoms with E-state index >= 15 is 0 Å². The Bertz CT molecular complexity index is 346. The van der Waals surface area contributed by atoms with Crippen LogP contribution < -0.4 is 5.32 Å². The monoisotopic (exact) mass is 277 g/mol. The molecule has 0 aliphatic carbocycles. The van der Waals surface area contributed by atoms with Gasteiger partial charge in [-0.3, -0.25) is 0 Å². The number of hydrogen-bond acceptors (Lipinski definition) is 4. The predicted molar refractivity (Wildman–Crippen MR) is 75.2 cm³/mol. The van der Waals surface area contributed by atoms with Crippen molar-refractivity contribution in [3.63, 3.8) is 0 Å². The van der Waals surface area contributed by atoms with Crippen molar-refractivity contribution in [3.05, 3.63) is 0 Å². The van der Waals surface area contributed by atoms with Crippen LogP contribution in [0.5, 0.6) is 0 Å². The van der Waals surface area contributed by atoms with Crippen LogP contribution in [0.15, 0.2) is 0 Å². The standard InChI is InChI=1S/C12H27N3O2S/c1-5-13-10-12(2,3)11-14-6-8-15(9-7-14)18(4,16)17/h13H,5-11H2,1-4H3. The minimum atomic E-state index is -3.01. The van der Waals surface area contributed by atoms with Crippen molar-refractivity contribution in [2.45, 2.75) is 20.8 Å². The molecule has 1 rings (SSSR count). The van der Waals surface area contributed by atoms with Crippen molar-refractivity contribution >= 4 is 10.0 Å². The average molecular weight is 277 g/mol. The summed E-state index contributed by atoms with van der Waals surface area (Å²) in [4.78, 5) is 2.36. The second-order valence-electron chi connectivity index (χ2n) is 5.88. The molecule has 0 aromatic rings. The van der Waals surface area contributed by atoms with E-state index in [9.17, 15) is 8.42 Å². The number of hydrogen-bond donors (Lipinski definition) is 1. The third-order valence-electron chi connectivity index (χ3n) is 3.31. The molecule has 18 heavy (non-hydrogen) atoms. The normalized spacial score (nSPS) is 20.2. The van der Waals surface area contributed by atoms with Gasteiger partial charge in [0.25, 0.3) is 0 Å². The molecule has 0 radical (unpaired) electrons. The minimum Gasteiger partial charge on any atom is -0.316 e. The van der Waals surface area contributed by atoms with Gasteiger partial charge in [-0.25, -0.2) is 8.42 Å². The quantitative estimate of drug-likeness (QED) is 0.753. The number of nitrogens with zero attached hydrogens (tertiary/aromatic N) is 2. The highest BCUT2D eigenvalue weighted by Gasteiger charge is 2.27. The van der Waals surface area contributed by atoms with Gasteiger partial charge >= 0.3 is 0 Å². The molecule has 1 saturated heterocycles. The van der Waals surface area contributed by atoms with E-state index in [1.165, 1.54) is 6.26 Å². The van der Waals surface area contributed by atoms with Crippen LogP contribution in [-0.4, -0.2) is 69.7 Å². The Labute approximate surface area is 112 Å². The summed E-state index contributed by atoms with van der Waals surface area (Å²) in [5.41, 5.74) is 0.225. The number of piperazine rings is 1. The first-order valence-corrected chi connectivity index (χ1v) is 8.47. The van der Waals surface area contributed by atoms with Crippen LogP contribution in [0.4, 0.5) is 0 Å².